The highest BCUT2D eigenvalue weighted by molar-refractivity contribution is 5.76. The summed E-state index contributed by atoms with van der Waals surface area (Å²) < 4.78 is 13.9. The van der Waals surface area contributed by atoms with Crippen molar-refractivity contribution in [3.63, 3.8) is 0 Å². The van der Waals surface area contributed by atoms with E-state index in [1.807, 2.05) is 4.90 Å². The molecule has 0 bridgehead atoms. The zero-order chi connectivity index (χ0) is 16.7. The highest BCUT2D eigenvalue weighted by Gasteiger charge is 2.42. The van der Waals surface area contributed by atoms with E-state index < -0.39 is 0 Å². The fourth-order valence-corrected chi connectivity index (χ4v) is 3.77. The number of aromatic nitrogens is 1. The average Bonchev–Trinajstić information content (AvgIpc) is 3.47. The predicted molar refractivity (Wildman–Crippen MR) is 90.4 cm³/mol. The zero-order valence-corrected chi connectivity index (χ0v) is 14.1. The molecule has 1 N–H and O–H groups in total. The van der Waals surface area contributed by atoms with Gasteiger partial charge in [-0.3, -0.25) is 0 Å². The van der Waals surface area contributed by atoms with E-state index in [1.165, 1.54) is 18.9 Å². The third kappa shape index (κ3) is 3.19. The first-order chi connectivity index (χ1) is 11.6. The number of hydrogen-bond acceptors (Lipinski definition) is 3. The second-order valence-corrected chi connectivity index (χ2v) is 7.41. The Balaban J connectivity index is 1.37. The largest absolute Gasteiger partial charge is 0.352 e. The maximum atomic E-state index is 13.9. The van der Waals surface area contributed by atoms with Crippen molar-refractivity contribution in [1.29, 1.82) is 0 Å². The normalized spacial score (nSPS) is 24.8. The van der Waals surface area contributed by atoms with Gasteiger partial charge in [-0.25, -0.2) is 14.2 Å². The van der Waals surface area contributed by atoms with Gasteiger partial charge in [0.05, 0.1) is 0 Å². The van der Waals surface area contributed by atoms with E-state index in [0.29, 0.717) is 30.4 Å². The monoisotopic (exact) mass is 332 g/mol. The first kappa shape index (κ1) is 15.7. The van der Waals surface area contributed by atoms with Crippen LogP contribution < -0.4 is 10.2 Å². The average molecular weight is 332 g/mol. The molecule has 24 heavy (non-hydrogen) atoms. The predicted octanol–water partition coefficient (Wildman–Crippen LogP) is 2.77. The molecule has 2 atom stereocenters. The van der Waals surface area contributed by atoms with E-state index in [2.05, 4.69) is 22.1 Å². The van der Waals surface area contributed by atoms with Crippen molar-refractivity contribution < 1.29 is 9.18 Å². The van der Waals surface area contributed by atoms with Crippen molar-refractivity contribution in [1.82, 2.24) is 15.2 Å². The lowest BCUT2D eigenvalue weighted by atomic mass is 10.2. The van der Waals surface area contributed by atoms with E-state index in [4.69, 9.17) is 0 Å². The number of anilines is 1. The van der Waals surface area contributed by atoms with Gasteiger partial charge < -0.3 is 15.1 Å². The quantitative estimate of drug-likeness (QED) is 0.902. The Morgan fingerprint density at radius 2 is 2.17 bits per heavy atom. The second kappa shape index (κ2) is 6.22. The molecular formula is C18H25FN4O. The number of amides is 2. The van der Waals surface area contributed by atoms with Crippen molar-refractivity contribution in [2.45, 2.75) is 57.2 Å². The lowest BCUT2D eigenvalue weighted by Gasteiger charge is -2.31. The summed E-state index contributed by atoms with van der Waals surface area (Å²) in [4.78, 5) is 20.9. The molecule has 5 nitrogen and oxygen atoms in total. The van der Waals surface area contributed by atoms with Crippen LogP contribution in [-0.2, 0) is 0 Å². The molecule has 1 saturated heterocycles. The van der Waals surface area contributed by atoms with Crippen LogP contribution in [0.3, 0.4) is 0 Å². The number of pyridine rings is 1. The summed E-state index contributed by atoms with van der Waals surface area (Å²) in [6.07, 6.45) is 7.18. The van der Waals surface area contributed by atoms with Gasteiger partial charge in [0.2, 0.25) is 0 Å². The van der Waals surface area contributed by atoms with Gasteiger partial charge in [0.25, 0.3) is 0 Å². The molecule has 0 spiro atoms. The van der Waals surface area contributed by atoms with E-state index in [1.54, 1.807) is 12.3 Å². The van der Waals surface area contributed by atoms with Gasteiger partial charge >= 0.3 is 6.03 Å². The lowest BCUT2D eigenvalue weighted by molar-refractivity contribution is 0.164. The summed E-state index contributed by atoms with van der Waals surface area (Å²) in [6.45, 7) is 3.52. The second-order valence-electron chi connectivity index (χ2n) is 7.41. The van der Waals surface area contributed by atoms with Crippen LogP contribution in [0.1, 0.15) is 39.0 Å². The maximum Gasteiger partial charge on any atom is 0.318 e. The molecule has 0 radical (unpaired) electrons. The van der Waals surface area contributed by atoms with E-state index in [9.17, 15) is 9.18 Å². The highest BCUT2D eigenvalue weighted by Crippen LogP contribution is 2.39. The number of nitrogens with one attached hydrogen (secondary N) is 1. The van der Waals surface area contributed by atoms with Crippen molar-refractivity contribution in [3.05, 3.63) is 24.1 Å². The first-order valence-corrected chi connectivity index (χ1v) is 9.08. The van der Waals surface area contributed by atoms with Crippen LogP contribution in [-0.4, -0.2) is 47.1 Å². The fourth-order valence-electron chi connectivity index (χ4n) is 3.77. The SMILES string of the molecule is C[C@@H](C1CC1)N(C(=O)N[C@H]1CCN(c2ncccc2F)C1)C1CC1. The molecule has 2 aliphatic carbocycles. The van der Waals surface area contributed by atoms with E-state index in [0.717, 1.165) is 25.8 Å². The first-order valence-electron chi connectivity index (χ1n) is 9.08. The van der Waals surface area contributed by atoms with Crippen LogP contribution in [0.25, 0.3) is 0 Å². The number of carbonyl (C=O) groups excluding carboxylic acids is 1. The molecule has 6 heteroatoms. The Bertz CT molecular complexity index is 617. The maximum absolute atomic E-state index is 13.9. The Morgan fingerprint density at radius 3 is 2.83 bits per heavy atom. The van der Waals surface area contributed by atoms with Gasteiger partial charge in [0.1, 0.15) is 0 Å². The van der Waals surface area contributed by atoms with Crippen LogP contribution in [0.5, 0.6) is 0 Å². The number of rotatable bonds is 5. The molecule has 3 fully saturated rings. The lowest BCUT2D eigenvalue weighted by Crippen LogP contribution is -2.50. The Kier molecular flexibility index (Phi) is 4.06. The highest BCUT2D eigenvalue weighted by atomic mass is 19.1. The number of carbonyl (C=O) groups is 1. The summed E-state index contributed by atoms with van der Waals surface area (Å²) in [5, 5.41) is 3.18. The molecule has 0 unspecified atom stereocenters. The molecule has 2 amide bonds. The van der Waals surface area contributed by atoms with Gasteiger partial charge in [-0.2, -0.15) is 0 Å². The van der Waals surface area contributed by atoms with Crippen LogP contribution in [0.15, 0.2) is 18.3 Å². The standard InChI is InChI=1S/C18H25FN4O/c1-12(13-4-5-13)23(15-6-7-15)18(24)21-14-8-10-22(11-14)17-16(19)3-2-9-20-17/h2-3,9,12-15H,4-8,10-11H2,1H3,(H,21,24)/t12-,14-/m0/s1. The van der Waals surface area contributed by atoms with E-state index >= 15 is 0 Å². The molecular weight excluding hydrogens is 307 g/mol. The van der Waals surface area contributed by atoms with Gasteiger partial charge in [0.15, 0.2) is 11.6 Å². The minimum atomic E-state index is -0.300. The van der Waals surface area contributed by atoms with Gasteiger partial charge in [-0.1, -0.05) is 0 Å². The summed E-state index contributed by atoms with van der Waals surface area (Å²) in [5.41, 5.74) is 0. The van der Waals surface area contributed by atoms with Gasteiger partial charge in [-0.15, -0.1) is 0 Å². The zero-order valence-electron chi connectivity index (χ0n) is 14.1. The van der Waals surface area contributed by atoms with Crippen LogP contribution >= 0.6 is 0 Å². The van der Waals surface area contributed by atoms with Crippen LogP contribution in [0.2, 0.25) is 0 Å². The van der Waals surface area contributed by atoms with E-state index in [-0.39, 0.29) is 17.9 Å². The summed E-state index contributed by atoms with van der Waals surface area (Å²) in [7, 11) is 0. The van der Waals surface area contributed by atoms with Crippen molar-refractivity contribution >= 4 is 11.8 Å². The Morgan fingerprint density at radius 1 is 1.38 bits per heavy atom. The summed E-state index contributed by atoms with van der Waals surface area (Å²) >= 11 is 0. The molecule has 130 valence electrons. The minimum absolute atomic E-state index is 0.0604. The molecule has 4 rings (SSSR count). The smallest absolute Gasteiger partial charge is 0.318 e. The van der Waals surface area contributed by atoms with Crippen molar-refractivity contribution in [2.24, 2.45) is 5.92 Å². The Hall–Kier alpha value is -1.85. The molecule has 0 aromatic carbocycles. The minimum Gasteiger partial charge on any atom is -0.352 e. The molecule has 1 aliphatic heterocycles. The third-order valence-corrected chi connectivity index (χ3v) is 5.47. The number of halogens is 1. The summed E-state index contributed by atoms with van der Waals surface area (Å²) in [5.74, 6) is 0.769. The topological polar surface area (TPSA) is 48.5 Å². The van der Waals surface area contributed by atoms with Gasteiger partial charge in [-0.05, 0) is 57.1 Å². The van der Waals surface area contributed by atoms with Crippen LogP contribution in [0.4, 0.5) is 15.0 Å². The third-order valence-electron chi connectivity index (χ3n) is 5.47. The molecule has 1 aromatic heterocycles. The van der Waals surface area contributed by atoms with Crippen molar-refractivity contribution in [2.75, 3.05) is 18.0 Å². The molecule has 2 saturated carbocycles. The summed E-state index contributed by atoms with van der Waals surface area (Å²) in [6, 6.07) is 3.91. The van der Waals surface area contributed by atoms with Crippen molar-refractivity contribution in [3.8, 4) is 0 Å². The molecule has 1 aromatic rings. The Labute approximate surface area is 142 Å². The van der Waals surface area contributed by atoms with Crippen LogP contribution in [0, 0.1) is 11.7 Å². The van der Waals surface area contributed by atoms with Gasteiger partial charge in [0, 0.05) is 37.4 Å². The number of nitrogens with zero attached hydrogens (tertiary/aromatic N) is 3. The number of hydrogen-bond donors (Lipinski definition) is 1. The number of urea groups is 1. The molecule has 3 aliphatic rings. The fraction of sp³-hybridized carbons (Fsp3) is 0.667. The molecule has 2 heterocycles.